The van der Waals surface area contributed by atoms with Gasteiger partial charge in [0.1, 0.15) is 0 Å². The van der Waals surface area contributed by atoms with Gasteiger partial charge in [-0.05, 0) is 48.4 Å². The van der Waals surface area contributed by atoms with E-state index < -0.39 is 6.04 Å². The summed E-state index contributed by atoms with van der Waals surface area (Å²) in [4.78, 5) is 32.5. The van der Waals surface area contributed by atoms with Crippen molar-refractivity contribution in [1.82, 2.24) is 4.57 Å². The maximum Gasteiger partial charge on any atom is 0.271 e. The average molecular weight is 496 g/mol. The quantitative estimate of drug-likeness (QED) is 0.469. The summed E-state index contributed by atoms with van der Waals surface area (Å²) in [6.07, 6.45) is 1.82. The predicted molar refractivity (Wildman–Crippen MR) is 138 cm³/mol. The minimum absolute atomic E-state index is 0.186. The zero-order chi connectivity index (χ0) is 24.6. The summed E-state index contributed by atoms with van der Waals surface area (Å²) < 4.78 is 13.0. The topological polar surface area (TPSA) is 81.9 Å². The van der Waals surface area contributed by atoms with Gasteiger partial charge in [-0.1, -0.05) is 65.9 Å². The third kappa shape index (κ3) is 3.91. The number of nitrogens with one attached hydrogen (secondary N) is 1. The van der Waals surface area contributed by atoms with Crippen LogP contribution in [-0.4, -0.2) is 17.3 Å². The molecule has 0 radical (unpaired) electrons. The molecule has 0 fully saturated rings. The molecule has 0 spiro atoms. The van der Waals surface area contributed by atoms with E-state index in [-0.39, 0.29) is 18.3 Å². The predicted octanol–water partition coefficient (Wildman–Crippen LogP) is 3.60. The Labute approximate surface area is 210 Å². The van der Waals surface area contributed by atoms with E-state index in [1.807, 2.05) is 91.9 Å². The lowest BCUT2D eigenvalue weighted by Crippen LogP contribution is -2.40. The molecule has 36 heavy (non-hydrogen) atoms. The molecule has 2 aliphatic heterocycles. The van der Waals surface area contributed by atoms with Gasteiger partial charge >= 0.3 is 0 Å². The first kappa shape index (κ1) is 22.1. The molecule has 178 valence electrons. The van der Waals surface area contributed by atoms with Gasteiger partial charge in [0.05, 0.1) is 21.8 Å². The highest BCUT2D eigenvalue weighted by atomic mass is 32.1. The highest BCUT2D eigenvalue weighted by Gasteiger charge is 2.32. The molecule has 3 heterocycles. The highest BCUT2D eigenvalue weighted by Crippen LogP contribution is 2.33. The second-order valence-electron chi connectivity index (χ2n) is 8.43. The molecular formula is C28H21N3O4S. The Hall–Kier alpha value is -4.43. The van der Waals surface area contributed by atoms with Gasteiger partial charge in [0.15, 0.2) is 16.3 Å². The lowest BCUT2D eigenvalue weighted by molar-refractivity contribution is -0.113. The Balaban J connectivity index is 1.48. The lowest BCUT2D eigenvalue weighted by atomic mass is 9.95. The largest absolute Gasteiger partial charge is 0.454 e. The van der Waals surface area contributed by atoms with Gasteiger partial charge in [-0.15, -0.1) is 0 Å². The SMILES string of the molecule is CC1=C(C(=O)Nc2ccccc2)[C@@H](c2ccccc2)n2c(s/c(=C/c3ccc4c(c3)OCO4)c2=O)=N1. The van der Waals surface area contributed by atoms with Gasteiger partial charge in [-0.3, -0.25) is 14.2 Å². The number of carbonyl (C=O) groups excluding carboxylic acids is 1. The van der Waals surface area contributed by atoms with Crippen LogP contribution in [0.3, 0.4) is 0 Å². The summed E-state index contributed by atoms with van der Waals surface area (Å²) in [7, 11) is 0. The van der Waals surface area contributed by atoms with Crippen molar-refractivity contribution in [2.24, 2.45) is 4.99 Å². The van der Waals surface area contributed by atoms with Crippen LogP contribution in [0, 0.1) is 0 Å². The van der Waals surface area contributed by atoms with Crippen molar-refractivity contribution in [1.29, 1.82) is 0 Å². The van der Waals surface area contributed by atoms with Gasteiger partial charge in [-0.2, -0.15) is 0 Å². The van der Waals surface area contributed by atoms with Crippen LogP contribution in [0.5, 0.6) is 11.5 Å². The van der Waals surface area contributed by atoms with E-state index in [4.69, 9.17) is 9.47 Å². The van der Waals surface area contributed by atoms with Crippen molar-refractivity contribution >= 4 is 29.0 Å². The molecule has 2 aliphatic rings. The van der Waals surface area contributed by atoms with Gasteiger partial charge in [-0.25, -0.2) is 4.99 Å². The summed E-state index contributed by atoms with van der Waals surface area (Å²) >= 11 is 1.30. The molecule has 0 saturated heterocycles. The van der Waals surface area contributed by atoms with Crippen molar-refractivity contribution in [3.8, 4) is 11.5 Å². The fraction of sp³-hybridized carbons (Fsp3) is 0.107. The molecule has 0 saturated carbocycles. The van der Waals surface area contributed by atoms with Crippen LogP contribution in [-0.2, 0) is 4.79 Å². The number of para-hydroxylation sites is 1. The smallest absolute Gasteiger partial charge is 0.271 e. The molecule has 3 aromatic carbocycles. The van der Waals surface area contributed by atoms with Crippen molar-refractivity contribution < 1.29 is 14.3 Å². The minimum atomic E-state index is -0.606. The van der Waals surface area contributed by atoms with Gasteiger partial charge in [0.25, 0.3) is 11.5 Å². The zero-order valence-electron chi connectivity index (χ0n) is 19.3. The number of anilines is 1. The number of benzene rings is 3. The van der Waals surface area contributed by atoms with Crippen LogP contribution in [0.25, 0.3) is 6.08 Å². The highest BCUT2D eigenvalue weighted by molar-refractivity contribution is 7.07. The van der Waals surface area contributed by atoms with E-state index in [9.17, 15) is 9.59 Å². The van der Waals surface area contributed by atoms with Crippen molar-refractivity contribution in [3.63, 3.8) is 0 Å². The van der Waals surface area contributed by atoms with Gasteiger partial charge < -0.3 is 14.8 Å². The first-order valence-corrected chi connectivity index (χ1v) is 12.2. The molecule has 7 nitrogen and oxygen atoms in total. The third-order valence-corrected chi connectivity index (χ3v) is 7.09. The Morgan fingerprint density at radius 3 is 2.53 bits per heavy atom. The third-order valence-electron chi connectivity index (χ3n) is 6.11. The summed E-state index contributed by atoms with van der Waals surface area (Å²) in [5.74, 6) is 1.04. The molecule has 0 aliphatic carbocycles. The maximum atomic E-state index is 13.7. The Morgan fingerprint density at radius 1 is 1.03 bits per heavy atom. The molecule has 0 unspecified atom stereocenters. The number of allylic oxidation sites excluding steroid dienone is 1. The number of carbonyl (C=O) groups is 1. The van der Waals surface area contributed by atoms with E-state index in [2.05, 4.69) is 10.3 Å². The van der Waals surface area contributed by atoms with E-state index in [1.165, 1.54) is 11.3 Å². The first-order chi connectivity index (χ1) is 17.6. The van der Waals surface area contributed by atoms with Crippen LogP contribution < -0.4 is 29.7 Å². The summed E-state index contributed by atoms with van der Waals surface area (Å²) in [6.45, 7) is 2.00. The number of thiazole rings is 1. The molecule has 8 heteroatoms. The van der Waals surface area contributed by atoms with Crippen LogP contribution >= 0.6 is 11.3 Å². The molecule has 4 aromatic rings. The number of rotatable bonds is 4. The van der Waals surface area contributed by atoms with Crippen molar-refractivity contribution in [2.45, 2.75) is 13.0 Å². The second-order valence-corrected chi connectivity index (χ2v) is 9.43. The van der Waals surface area contributed by atoms with Crippen LogP contribution in [0.1, 0.15) is 24.1 Å². The number of nitrogens with zero attached hydrogens (tertiary/aromatic N) is 2. The molecule has 6 rings (SSSR count). The second kappa shape index (κ2) is 8.98. The monoisotopic (exact) mass is 495 g/mol. The Kier molecular flexibility index (Phi) is 5.50. The molecule has 1 amide bonds. The minimum Gasteiger partial charge on any atom is -0.454 e. The molecule has 1 atom stereocenters. The molecular weight excluding hydrogens is 474 g/mol. The Bertz CT molecular complexity index is 1690. The van der Waals surface area contributed by atoms with Crippen molar-refractivity contribution in [3.05, 3.63) is 121 Å². The first-order valence-electron chi connectivity index (χ1n) is 11.4. The average Bonchev–Trinajstić information content (AvgIpc) is 3.48. The summed E-state index contributed by atoms with van der Waals surface area (Å²) in [5, 5.41) is 2.96. The van der Waals surface area contributed by atoms with Crippen LogP contribution in [0.4, 0.5) is 5.69 Å². The fourth-order valence-corrected chi connectivity index (χ4v) is 5.48. The number of fused-ring (bicyclic) bond motifs is 2. The van der Waals surface area contributed by atoms with Crippen molar-refractivity contribution in [2.75, 3.05) is 12.1 Å². The van der Waals surface area contributed by atoms with E-state index in [0.29, 0.717) is 37.8 Å². The van der Waals surface area contributed by atoms with Crippen LogP contribution in [0.15, 0.2) is 99.9 Å². The normalized spacial score (nSPS) is 16.5. The summed E-state index contributed by atoms with van der Waals surface area (Å²) in [6, 6.07) is 23.8. The number of aromatic nitrogens is 1. The molecule has 0 bridgehead atoms. The van der Waals surface area contributed by atoms with Crippen LogP contribution in [0.2, 0.25) is 0 Å². The number of hydrogen-bond acceptors (Lipinski definition) is 6. The molecule has 1 aromatic heterocycles. The standard InChI is InChI=1S/C28H21N3O4S/c1-17-24(26(32)30-20-10-6-3-7-11-20)25(19-8-4-2-5-9-19)31-27(33)23(36-28(31)29-17)15-18-12-13-21-22(14-18)35-16-34-21/h2-15,25H,16H2,1H3,(H,30,32)/b23-15+/t25-/m1/s1. The lowest BCUT2D eigenvalue weighted by Gasteiger charge is -2.25. The maximum absolute atomic E-state index is 13.7. The van der Waals surface area contributed by atoms with E-state index >= 15 is 0 Å². The zero-order valence-corrected chi connectivity index (χ0v) is 20.1. The summed E-state index contributed by atoms with van der Waals surface area (Å²) in [5.41, 5.74) is 3.14. The van der Waals surface area contributed by atoms with E-state index in [0.717, 1.165) is 11.1 Å². The molecule has 1 N–H and O–H groups in total. The fourth-order valence-electron chi connectivity index (χ4n) is 4.44. The van der Waals surface area contributed by atoms with E-state index in [1.54, 1.807) is 4.57 Å². The van der Waals surface area contributed by atoms with Gasteiger partial charge in [0.2, 0.25) is 6.79 Å². The number of hydrogen-bond donors (Lipinski definition) is 1. The van der Waals surface area contributed by atoms with Gasteiger partial charge in [0, 0.05) is 5.69 Å². The number of ether oxygens (including phenoxy) is 2. The Morgan fingerprint density at radius 2 is 1.75 bits per heavy atom. The number of amides is 1.